The van der Waals surface area contributed by atoms with Crippen LogP contribution in [0.1, 0.15) is 22.7 Å². The number of rotatable bonds is 2. The minimum absolute atomic E-state index is 0.000687. The zero-order valence-corrected chi connectivity index (χ0v) is 15.1. The fourth-order valence-electron chi connectivity index (χ4n) is 1.89. The Labute approximate surface area is 145 Å². The van der Waals surface area contributed by atoms with Gasteiger partial charge in [0.05, 0.1) is 11.6 Å². The summed E-state index contributed by atoms with van der Waals surface area (Å²) in [7, 11) is 0. The topological polar surface area (TPSA) is 26.0 Å². The molecule has 112 valence electrons. The molecule has 0 aliphatic rings. The predicted molar refractivity (Wildman–Crippen MR) is 87.0 cm³/mol. The van der Waals surface area contributed by atoms with E-state index in [1.165, 1.54) is 6.07 Å². The van der Waals surface area contributed by atoms with E-state index in [9.17, 15) is 13.2 Å². The molecule has 0 amide bonds. The Morgan fingerprint density at radius 2 is 1.52 bits per heavy atom. The quantitative estimate of drug-likeness (QED) is 0.549. The Bertz CT molecular complexity index is 671. The third-order valence-electron chi connectivity index (χ3n) is 2.95. The van der Waals surface area contributed by atoms with Crippen molar-refractivity contribution in [3.63, 3.8) is 0 Å². The van der Waals surface area contributed by atoms with E-state index in [-0.39, 0.29) is 4.47 Å². The lowest BCUT2D eigenvalue weighted by molar-refractivity contribution is -0.138. The molecule has 0 fully saturated rings. The van der Waals surface area contributed by atoms with Gasteiger partial charge in [-0.25, -0.2) is 0 Å². The highest BCUT2D eigenvalue weighted by molar-refractivity contribution is 9.11. The van der Waals surface area contributed by atoms with Crippen molar-refractivity contribution in [3.05, 3.63) is 66.5 Å². The van der Waals surface area contributed by atoms with Crippen molar-refractivity contribution in [2.24, 2.45) is 5.73 Å². The van der Waals surface area contributed by atoms with E-state index in [1.807, 2.05) is 6.07 Å². The summed E-state index contributed by atoms with van der Waals surface area (Å²) in [5.74, 6) is 0. The highest BCUT2D eigenvalue weighted by Crippen LogP contribution is 2.37. The fraction of sp³-hybridized carbons (Fsp3) is 0.143. The van der Waals surface area contributed by atoms with Crippen molar-refractivity contribution < 1.29 is 13.2 Å². The second-order valence-corrected chi connectivity index (χ2v) is 7.00. The number of alkyl halides is 3. The minimum atomic E-state index is -4.43. The summed E-state index contributed by atoms with van der Waals surface area (Å²) < 4.78 is 40.4. The molecule has 0 aliphatic carbocycles. The van der Waals surface area contributed by atoms with Crippen LogP contribution in [-0.2, 0) is 6.18 Å². The SMILES string of the molecule is NC(c1ccc(Br)c(C(F)(F)F)c1)c1cc(Br)ccc1Br. The minimum Gasteiger partial charge on any atom is -0.320 e. The highest BCUT2D eigenvalue weighted by atomic mass is 79.9. The van der Waals surface area contributed by atoms with Crippen LogP contribution in [0, 0.1) is 0 Å². The number of nitrogens with two attached hydrogens (primary N) is 1. The highest BCUT2D eigenvalue weighted by Gasteiger charge is 2.33. The average Bonchev–Trinajstić information content (AvgIpc) is 2.40. The number of hydrogen-bond donors (Lipinski definition) is 1. The third kappa shape index (κ3) is 3.88. The van der Waals surface area contributed by atoms with Crippen LogP contribution in [0.4, 0.5) is 13.2 Å². The first kappa shape index (κ1) is 17.0. The van der Waals surface area contributed by atoms with Crippen molar-refractivity contribution in [1.29, 1.82) is 0 Å². The van der Waals surface area contributed by atoms with Crippen molar-refractivity contribution in [3.8, 4) is 0 Å². The Morgan fingerprint density at radius 1 is 0.905 bits per heavy atom. The summed E-state index contributed by atoms with van der Waals surface area (Å²) in [5.41, 5.74) is 6.48. The molecule has 2 aromatic rings. The largest absolute Gasteiger partial charge is 0.417 e. The van der Waals surface area contributed by atoms with Crippen molar-refractivity contribution >= 4 is 47.8 Å². The van der Waals surface area contributed by atoms with Gasteiger partial charge in [0.2, 0.25) is 0 Å². The first-order chi connectivity index (χ1) is 9.70. The van der Waals surface area contributed by atoms with E-state index < -0.39 is 17.8 Å². The van der Waals surface area contributed by atoms with Crippen molar-refractivity contribution in [2.45, 2.75) is 12.2 Å². The number of hydrogen-bond acceptors (Lipinski definition) is 1. The summed E-state index contributed by atoms with van der Waals surface area (Å²) in [6.07, 6.45) is -4.43. The van der Waals surface area contributed by atoms with Crippen molar-refractivity contribution in [2.75, 3.05) is 0 Å². The van der Waals surface area contributed by atoms with Crippen LogP contribution < -0.4 is 5.73 Å². The Kier molecular flexibility index (Phi) is 5.18. The van der Waals surface area contributed by atoms with Crippen LogP contribution in [-0.4, -0.2) is 0 Å². The number of halogens is 6. The molecule has 0 aliphatic heterocycles. The van der Waals surface area contributed by atoms with Crippen LogP contribution in [0.2, 0.25) is 0 Å². The predicted octanol–water partition coefficient (Wildman–Crippen LogP) is 6.04. The molecule has 2 aromatic carbocycles. The maximum Gasteiger partial charge on any atom is 0.417 e. The van der Waals surface area contributed by atoms with Crippen LogP contribution in [0.3, 0.4) is 0 Å². The van der Waals surface area contributed by atoms with Gasteiger partial charge in [-0.2, -0.15) is 13.2 Å². The van der Waals surface area contributed by atoms with Crippen LogP contribution in [0.15, 0.2) is 49.8 Å². The zero-order chi connectivity index (χ0) is 15.8. The molecule has 0 radical (unpaired) electrons. The lowest BCUT2D eigenvalue weighted by atomic mass is 9.98. The summed E-state index contributed by atoms with van der Waals surface area (Å²) in [5, 5.41) is 0. The van der Waals surface area contributed by atoms with Crippen LogP contribution >= 0.6 is 47.8 Å². The molecule has 1 unspecified atom stereocenters. The van der Waals surface area contributed by atoms with Gasteiger partial charge >= 0.3 is 6.18 Å². The lowest BCUT2D eigenvalue weighted by Crippen LogP contribution is -2.15. The monoisotopic (exact) mass is 485 g/mol. The summed E-state index contributed by atoms with van der Waals surface area (Å²) in [6.45, 7) is 0. The molecular formula is C14H9Br3F3N. The molecule has 0 bridgehead atoms. The van der Waals surface area contributed by atoms with E-state index >= 15 is 0 Å². The normalized spacial score (nSPS) is 13.3. The van der Waals surface area contributed by atoms with E-state index in [2.05, 4.69) is 47.8 Å². The van der Waals surface area contributed by atoms with Crippen LogP contribution in [0.5, 0.6) is 0 Å². The fourth-order valence-corrected chi connectivity index (χ4v) is 3.23. The third-order valence-corrected chi connectivity index (χ3v) is 4.85. The first-order valence-corrected chi connectivity index (χ1v) is 8.15. The van der Waals surface area contributed by atoms with Gasteiger partial charge in [0, 0.05) is 13.4 Å². The Balaban J connectivity index is 2.49. The standard InChI is InChI=1S/C14H9Br3F3N/c15-8-2-4-11(16)9(6-8)13(21)7-1-3-12(17)10(5-7)14(18,19)20/h1-6,13H,21H2. The summed E-state index contributed by atoms with van der Waals surface area (Å²) in [4.78, 5) is 0. The first-order valence-electron chi connectivity index (χ1n) is 5.77. The van der Waals surface area contributed by atoms with Gasteiger partial charge < -0.3 is 5.73 Å². The molecule has 0 spiro atoms. The molecule has 0 heterocycles. The van der Waals surface area contributed by atoms with Gasteiger partial charge in [0.1, 0.15) is 0 Å². The van der Waals surface area contributed by atoms with Crippen molar-refractivity contribution in [1.82, 2.24) is 0 Å². The lowest BCUT2D eigenvalue weighted by Gasteiger charge is -2.17. The Hall–Kier alpha value is -0.370. The maximum absolute atomic E-state index is 13.0. The molecule has 7 heteroatoms. The maximum atomic E-state index is 13.0. The van der Waals surface area contributed by atoms with E-state index in [4.69, 9.17) is 5.73 Å². The summed E-state index contributed by atoms with van der Waals surface area (Å²) in [6, 6.07) is 8.75. The van der Waals surface area contributed by atoms with Gasteiger partial charge in [-0.1, -0.05) is 53.9 Å². The molecule has 21 heavy (non-hydrogen) atoms. The average molecular weight is 488 g/mol. The van der Waals surface area contributed by atoms with Gasteiger partial charge in [-0.15, -0.1) is 0 Å². The van der Waals surface area contributed by atoms with E-state index in [0.717, 1.165) is 15.0 Å². The van der Waals surface area contributed by atoms with Gasteiger partial charge in [0.15, 0.2) is 0 Å². The van der Waals surface area contributed by atoms with Crippen LogP contribution in [0.25, 0.3) is 0 Å². The van der Waals surface area contributed by atoms with Gasteiger partial charge in [-0.3, -0.25) is 0 Å². The molecular weight excluding hydrogens is 479 g/mol. The number of benzene rings is 2. The molecule has 0 aromatic heterocycles. The van der Waals surface area contributed by atoms with Gasteiger partial charge in [-0.05, 0) is 41.5 Å². The second kappa shape index (κ2) is 6.40. The molecule has 2 N–H and O–H groups in total. The molecule has 0 saturated carbocycles. The molecule has 2 rings (SSSR count). The second-order valence-electron chi connectivity index (χ2n) is 4.38. The smallest absolute Gasteiger partial charge is 0.320 e. The Morgan fingerprint density at radius 3 is 2.14 bits per heavy atom. The summed E-state index contributed by atoms with van der Waals surface area (Å²) >= 11 is 9.62. The zero-order valence-electron chi connectivity index (χ0n) is 10.4. The van der Waals surface area contributed by atoms with E-state index in [0.29, 0.717) is 11.1 Å². The molecule has 1 nitrogen and oxygen atoms in total. The molecule has 1 atom stereocenters. The molecule has 0 saturated heterocycles. The van der Waals surface area contributed by atoms with Gasteiger partial charge in [0.25, 0.3) is 0 Å². The van der Waals surface area contributed by atoms with E-state index in [1.54, 1.807) is 18.2 Å².